The van der Waals surface area contributed by atoms with E-state index in [1.807, 2.05) is 12.1 Å². The first-order valence-electron chi connectivity index (χ1n) is 6.56. The Balaban J connectivity index is 1.96. The average molecular weight is 312 g/mol. The molecule has 18 heavy (non-hydrogen) atoms. The lowest BCUT2D eigenvalue weighted by molar-refractivity contribution is 0.362. The zero-order chi connectivity index (χ0) is 13.2. The van der Waals surface area contributed by atoms with Gasteiger partial charge in [0.25, 0.3) is 0 Å². The first-order chi connectivity index (χ1) is 8.50. The van der Waals surface area contributed by atoms with Crippen molar-refractivity contribution < 1.29 is 4.74 Å². The Hall–Kier alpha value is -0.540. The molecule has 1 unspecified atom stereocenters. The highest BCUT2D eigenvalue weighted by Gasteiger charge is 2.30. The van der Waals surface area contributed by atoms with Crippen LogP contribution in [0.3, 0.4) is 0 Å². The Morgan fingerprint density at radius 3 is 2.83 bits per heavy atom. The van der Waals surface area contributed by atoms with Crippen LogP contribution in [0, 0.1) is 5.41 Å². The fourth-order valence-electron chi connectivity index (χ4n) is 2.75. The number of halogens is 1. The molecule has 0 amide bonds. The van der Waals surface area contributed by atoms with Crippen molar-refractivity contribution in [3.8, 4) is 5.75 Å². The van der Waals surface area contributed by atoms with Gasteiger partial charge in [0.2, 0.25) is 0 Å². The summed E-state index contributed by atoms with van der Waals surface area (Å²) in [6, 6.07) is 6.80. The normalized spacial score (nSPS) is 22.1. The van der Waals surface area contributed by atoms with Crippen LogP contribution >= 0.6 is 15.9 Å². The molecule has 1 aliphatic rings. The van der Waals surface area contributed by atoms with Gasteiger partial charge >= 0.3 is 0 Å². The second-order valence-corrected chi connectivity index (χ2v) is 6.86. The quantitative estimate of drug-likeness (QED) is 0.903. The fraction of sp³-hybridized carbons (Fsp3) is 0.600. The maximum atomic E-state index is 5.40. The van der Waals surface area contributed by atoms with Crippen LogP contribution in [0.25, 0.3) is 0 Å². The molecule has 1 atom stereocenters. The van der Waals surface area contributed by atoms with E-state index >= 15 is 0 Å². The van der Waals surface area contributed by atoms with Crippen LogP contribution in [0.2, 0.25) is 0 Å². The topological polar surface area (TPSA) is 21.3 Å². The van der Waals surface area contributed by atoms with Gasteiger partial charge in [-0.15, -0.1) is 0 Å². The van der Waals surface area contributed by atoms with Crippen molar-refractivity contribution in [1.29, 1.82) is 0 Å². The number of hydrogen-bond acceptors (Lipinski definition) is 2. The van der Waals surface area contributed by atoms with Gasteiger partial charge in [0.15, 0.2) is 0 Å². The highest BCUT2D eigenvalue weighted by Crippen LogP contribution is 2.37. The smallest absolute Gasteiger partial charge is 0.123 e. The van der Waals surface area contributed by atoms with Gasteiger partial charge in [-0.25, -0.2) is 0 Å². The van der Waals surface area contributed by atoms with E-state index in [1.165, 1.54) is 24.8 Å². The minimum Gasteiger partial charge on any atom is -0.496 e. The first-order valence-corrected chi connectivity index (χ1v) is 7.35. The summed E-state index contributed by atoms with van der Waals surface area (Å²) in [5, 5.41) is 3.65. The fourth-order valence-corrected chi connectivity index (χ4v) is 3.16. The third-order valence-electron chi connectivity index (χ3n) is 3.79. The van der Waals surface area contributed by atoms with E-state index in [4.69, 9.17) is 4.74 Å². The third-order valence-corrected chi connectivity index (χ3v) is 4.29. The number of ether oxygens (including phenoxy) is 1. The highest BCUT2D eigenvalue weighted by atomic mass is 79.9. The van der Waals surface area contributed by atoms with E-state index in [1.54, 1.807) is 7.11 Å². The van der Waals surface area contributed by atoms with Crippen LogP contribution in [0.5, 0.6) is 5.75 Å². The molecule has 0 aliphatic heterocycles. The van der Waals surface area contributed by atoms with Crippen LogP contribution in [-0.2, 0) is 6.54 Å². The van der Waals surface area contributed by atoms with Gasteiger partial charge in [0, 0.05) is 22.6 Å². The van der Waals surface area contributed by atoms with Crippen molar-refractivity contribution >= 4 is 15.9 Å². The molecule has 2 nitrogen and oxygen atoms in total. The Bertz CT molecular complexity index is 417. The molecule has 1 saturated carbocycles. The lowest BCUT2D eigenvalue weighted by Gasteiger charge is -2.18. The maximum absolute atomic E-state index is 5.40. The van der Waals surface area contributed by atoms with Crippen molar-refractivity contribution in [3.63, 3.8) is 0 Å². The Kier molecular flexibility index (Phi) is 4.33. The number of hydrogen-bond donors (Lipinski definition) is 1. The molecule has 0 spiro atoms. The molecule has 0 aromatic heterocycles. The number of rotatable bonds is 4. The van der Waals surface area contributed by atoms with Gasteiger partial charge in [0.1, 0.15) is 5.75 Å². The molecule has 0 radical (unpaired) electrons. The summed E-state index contributed by atoms with van der Waals surface area (Å²) in [7, 11) is 1.73. The Labute approximate surface area is 118 Å². The lowest BCUT2D eigenvalue weighted by atomic mass is 9.92. The van der Waals surface area contributed by atoms with E-state index in [-0.39, 0.29) is 0 Å². The van der Waals surface area contributed by atoms with E-state index < -0.39 is 0 Å². The predicted molar refractivity (Wildman–Crippen MR) is 79.0 cm³/mol. The molecule has 1 fully saturated rings. The molecule has 1 aromatic carbocycles. The van der Waals surface area contributed by atoms with Gasteiger partial charge in [-0.3, -0.25) is 0 Å². The number of methoxy groups -OCH3 is 1. The summed E-state index contributed by atoms with van der Waals surface area (Å²) in [6.45, 7) is 5.59. The molecule has 2 rings (SSSR count). The summed E-state index contributed by atoms with van der Waals surface area (Å²) < 4.78 is 6.50. The summed E-state index contributed by atoms with van der Waals surface area (Å²) in [5.41, 5.74) is 1.72. The van der Waals surface area contributed by atoms with Crippen molar-refractivity contribution in [2.75, 3.05) is 7.11 Å². The maximum Gasteiger partial charge on any atom is 0.123 e. The molecule has 0 saturated heterocycles. The molecule has 0 bridgehead atoms. The first kappa shape index (κ1) is 13.9. The monoisotopic (exact) mass is 311 g/mol. The zero-order valence-electron chi connectivity index (χ0n) is 11.4. The van der Waals surface area contributed by atoms with Gasteiger partial charge in [-0.2, -0.15) is 0 Å². The second kappa shape index (κ2) is 5.62. The lowest BCUT2D eigenvalue weighted by Crippen LogP contribution is -2.27. The average Bonchev–Trinajstić information content (AvgIpc) is 2.66. The molecular formula is C15H22BrNO. The Morgan fingerprint density at radius 1 is 1.44 bits per heavy atom. The van der Waals surface area contributed by atoms with Gasteiger partial charge in [-0.1, -0.05) is 29.8 Å². The third kappa shape index (κ3) is 3.48. The molecule has 1 aromatic rings. The second-order valence-electron chi connectivity index (χ2n) is 5.94. The minimum absolute atomic E-state index is 0.499. The molecule has 1 aliphatic carbocycles. The SMILES string of the molecule is COc1ccc(Br)cc1CNC1CCC(C)(C)C1. The van der Waals surface area contributed by atoms with Crippen molar-refractivity contribution in [3.05, 3.63) is 28.2 Å². The summed E-state index contributed by atoms with van der Waals surface area (Å²) in [5.74, 6) is 0.961. The van der Waals surface area contributed by atoms with E-state index in [0.29, 0.717) is 11.5 Å². The summed E-state index contributed by atoms with van der Waals surface area (Å²) in [6.07, 6.45) is 3.87. The standard InChI is InChI=1S/C15H22BrNO/c1-15(2)7-6-13(9-15)17-10-11-8-12(16)4-5-14(11)18-3/h4-5,8,13,17H,6-7,9-10H2,1-3H3. The Morgan fingerprint density at radius 2 is 2.22 bits per heavy atom. The van der Waals surface area contributed by atoms with Crippen LogP contribution in [0.4, 0.5) is 0 Å². The van der Waals surface area contributed by atoms with Crippen molar-refractivity contribution in [2.24, 2.45) is 5.41 Å². The highest BCUT2D eigenvalue weighted by molar-refractivity contribution is 9.10. The van der Waals surface area contributed by atoms with Gasteiger partial charge in [0.05, 0.1) is 7.11 Å². The molecule has 3 heteroatoms. The van der Waals surface area contributed by atoms with Crippen LogP contribution < -0.4 is 10.1 Å². The molecule has 1 N–H and O–H groups in total. The van der Waals surface area contributed by atoms with Gasteiger partial charge in [-0.05, 0) is 42.9 Å². The molecule has 100 valence electrons. The molecule has 0 heterocycles. The van der Waals surface area contributed by atoms with Crippen molar-refractivity contribution in [2.45, 2.75) is 45.7 Å². The van der Waals surface area contributed by atoms with Crippen LogP contribution in [0.15, 0.2) is 22.7 Å². The zero-order valence-corrected chi connectivity index (χ0v) is 13.0. The predicted octanol–water partition coefficient (Wildman–Crippen LogP) is 4.13. The van der Waals surface area contributed by atoms with Crippen molar-refractivity contribution in [1.82, 2.24) is 5.32 Å². The van der Waals surface area contributed by atoms with Crippen LogP contribution in [-0.4, -0.2) is 13.2 Å². The minimum atomic E-state index is 0.499. The number of nitrogens with one attached hydrogen (secondary N) is 1. The summed E-state index contributed by atoms with van der Waals surface area (Å²) in [4.78, 5) is 0. The molecular weight excluding hydrogens is 290 g/mol. The summed E-state index contributed by atoms with van der Waals surface area (Å²) >= 11 is 3.51. The largest absolute Gasteiger partial charge is 0.496 e. The van der Waals surface area contributed by atoms with E-state index in [9.17, 15) is 0 Å². The van der Waals surface area contributed by atoms with Gasteiger partial charge < -0.3 is 10.1 Å². The van der Waals surface area contributed by atoms with E-state index in [0.717, 1.165) is 16.8 Å². The van der Waals surface area contributed by atoms with E-state index in [2.05, 4.69) is 41.2 Å². The number of benzene rings is 1. The van der Waals surface area contributed by atoms with Crippen LogP contribution in [0.1, 0.15) is 38.7 Å².